The van der Waals surface area contributed by atoms with Crippen molar-refractivity contribution >= 4 is 17.6 Å². The number of esters is 1. The van der Waals surface area contributed by atoms with E-state index in [-0.39, 0.29) is 6.07 Å². The van der Waals surface area contributed by atoms with Gasteiger partial charge in [0, 0.05) is 0 Å². The second-order valence-corrected chi connectivity index (χ2v) is 4.97. The van der Waals surface area contributed by atoms with Crippen molar-refractivity contribution in [3.05, 3.63) is 23.3 Å². The van der Waals surface area contributed by atoms with Crippen LogP contribution < -0.4 is 10.1 Å². The molecule has 132 valence electrons. The van der Waals surface area contributed by atoms with Crippen LogP contribution in [-0.2, 0) is 15.7 Å². The molecule has 0 saturated heterocycles. The fraction of sp³-hybridized carbons (Fsp3) is 0.385. The van der Waals surface area contributed by atoms with E-state index in [9.17, 15) is 35.9 Å². The predicted octanol–water partition coefficient (Wildman–Crippen LogP) is 3.14. The van der Waals surface area contributed by atoms with Gasteiger partial charge in [-0.25, -0.2) is 4.79 Å². The van der Waals surface area contributed by atoms with E-state index in [0.29, 0.717) is 13.0 Å². The number of halogens is 6. The molecule has 0 fully saturated rings. The second kappa shape index (κ2) is 5.28. The van der Waals surface area contributed by atoms with Gasteiger partial charge in [0.15, 0.2) is 0 Å². The van der Waals surface area contributed by atoms with Crippen LogP contribution in [0.2, 0.25) is 0 Å². The third-order valence-electron chi connectivity index (χ3n) is 3.37. The van der Waals surface area contributed by atoms with E-state index in [2.05, 4.69) is 9.47 Å². The van der Waals surface area contributed by atoms with Crippen LogP contribution in [0, 0.1) is 0 Å². The van der Waals surface area contributed by atoms with Crippen molar-refractivity contribution in [2.45, 2.75) is 24.9 Å². The normalized spacial score (nSPS) is 20.8. The minimum absolute atomic E-state index is 0.213. The highest BCUT2D eigenvalue weighted by molar-refractivity contribution is 6.03. The monoisotopic (exact) mass is 357 g/mol. The zero-order valence-corrected chi connectivity index (χ0v) is 12.1. The summed E-state index contributed by atoms with van der Waals surface area (Å²) in [7, 11) is 0.831. The number of carbonyl (C=O) groups is 2. The van der Waals surface area contributed by atoms with E-state index in [1.54, 1.807) is 5.32 Å². The fourth-order valence-electron chi connectivity index (χ4n) is 1.97. The quantitative estimate of drug-likeness (QED) is 0.620. The smallest absolute Gasteiger partial charge is 0.437 e. The van der Waals surface area contributed by atoms with Crippen LogP contribution in [0.25, 0.3) is 0 Å². The van der Waals surface area contributed by atoms with Crippen molar-refractivity contribution in [3.63, 3.8) is 0 Å². The summed E-state index contributed by atoms with van der Waals surface area (Å²) >= 11 is 0. The third-order valence-corrected chi connectivity index (χ3v) is 3.37. The summed E-state index contributed by atoms with van der Waals surface area (Å²) in [5, 5.41) is 1.80. The number of rotatable bonds is 1. The van der Waals surface area contributed by atoms with Crippen LogP contribution in [0.5, 0.6) is 5.75 Å². The van der Waals surface area contributed by atoms with Crippen LogP contribution in [0.15, 0.2) is 12.1 Å². The molecule has 1 heterocycles. The fourth-order valence-corrected chi connectivity index (χ4v) is 1.97. The topological polar surface area (TPSA) is 64.6 Å². The van der Waals surface area contributed by atoms with Gasteiger partial charge >= 0.3 is 18.3 Å². The molecule has 0 unspecified atom stereocenters. The zero-order chi connectivity index (χ0) is 18.5. The summed E-state index contributed by atoms with van der Waals surface area (Å²) in [6.07, 6.45) is -10.2. The molecule has 11 heteroatoms. The number of benzene rings is 1. The summed E-state index contributed by atoms with van der Waals surface area (Å²) in [6.45, 7) is 0.382. The van der Waals surface area contributed by atoms with Crippen molar-refractivity contribution < 1.29 is 45.4 Å². The van der Waals surface area contributed by atoms with E-state index in [1.165, 1.54) is 0 Å². The van der Waals surface area contributed by atoms with E-state index >= 15 is 0 Å². The van der Waals surface area contributed by atoms with Crippen LogP contribution in [0.4, 0.5) is 32.0 Å². The van der Waals surface area contributed by atoms with Crippen LogP contribution in [0.1, 0.15) is 22.8 Å². The number of nitrogens with one attached hydrogen (secondary N) is 1. The van der Waals surface area contributed by atoms with Gasteiger partial charge < -0.3 is 14.8 Å². The Kier molecular flexibility index (Phi) is 3.94. The van der Waals surface area contributed by atoms with Gasteiger partial charge in [0.05, 0.1) is 23.9 Å². The molecule has 1 aromatic rings. The number of hydrogen-bond acceptors (Lipinski definition) is 4. The maximum absolute atomic E-state index is 13.0. The summed E-state index contributed by atoms with van der Waals surface area (Å²) in [6, 6.07) is 0.767. The average Bonchev–Trinajstić information content (AvgIpc) is 2.44. The van der Waals surface area contributed by atoms with E-state index < -0.39 is 52.4 Å². The maximum atomic E-state index is 13.0. The standard InChI is InChI=1S/C13H9F6NO4/c1-11(13(17,18)19)10(22)20-7-3-5(9(21)23-2)6(12(14,15)16)4-8(7)24-11/h3-4H,1-2H3,(H,20,22)/t11-/m1/s1. The van der Waals surface area contributed by atoms with Crippen LogP contribution in [0.3, 0.4) is 0 Å². The van der Waals surface area contributed by atoms with Gasteiger partial charge in [-0.15, -0.1) is 0 Å². The van der Waals surface area contributed by atoms with Gasteiger partial charge in [-0.05, 0) is 19.1 Å². The second-order valence-electron chi connectivity index (χ2n) is 4.97. The lowest BCUT2D eigenvalue weighted by Crippen LogP contribution is -2.58. The Bertz CT molecular complexity index is 712. The Morgan fingerprint density at radius 1 is 1.21 bits per heavy atom. The number of hydrogen-bond donors (Lipinski definition) is 1. The van der Waals surface area contributed by atoms with Gasteiger partial charge in [0.1, 0.15) is 5.75 Å². The molecule has 0 aromatic heterocycles. The number of anilines is 1. The Morgan fingerprint density at radius 2 is 1.79 bits per heavy atom. The van der Waals surface area contributed by atoms with Crippen LogP contribution in [-0.4, -0.2) is 30.8 Å². The molecule has 0 spiro atoms. The first-order chi connectivity index (χ1) is 10.8. The molecular formula is C13H9F6NO4. The molecule has 0 bridgehead atoms. The molecule has 1 aliphatic rings. The lowest BCUT2D eigenvalue weighted by molar-refractivity contribution is -0.234. The van der Waals surface area contributed by atoms with Gasteiger partial charge in [-0.2, -0.15) is 26.3 Å². The Hall–Kier alpha value is -2.46. The van der Waals surface area contributed by atoms with Gasteiger partial charge in [0.2, 0.25) is 0 Å². The van der Waals surface area contributed by atoms with Crippen LogP contribution >= 0.6 is 0 Å². The lowest BCUT2D eigenvalue weighted by atomic mass is 9.99. The largest absolute Gasteiger partial charge is 0.466 e. The van der Waals surface area contributed by atoms with Crippen molar-refractivity contribution in [2.75, 3.05) is 12.4 Å². The Balaban J connectivity index is 2.65. The molecular weight excluding hydrogens is 348 g/mol. The number of amides is 1. The van der Waals surface area contributed by atoms with Crippen molar-refractivity contribution in [3.8, 4) is 5.75 Å². The molecule has 1 atom stereocenters. The van der Waals surface area contributed by atoms with Crippen molar-refractivity contribution in [2.24, 2.45) is 0 Å². The molecule has 0 aliphatic carbocycles. The molecule has 1 N–H and O–H groups in total. The summed E-state index contributed by atoms with van der Waals surface area (Å²) in [4.78, 5) is 23.1. The van der Waals surface area contributed by atoms with E-state index in [0.717, 1.165) is 7.11 Å². The molecule has 5 nitrogen and oxygen atoms in total. The first-order valence-corrected chi connectivity index (χ1v) is 6.22. The summed E-state index contributed by atoms with van der Waals surface area (Å²) in [5.41, 5.74) is -6.39. The summed E-state index contributed by atoms with van der Waals surface area (Å²) < 4.78 is 86.8. The highest BCUT2D eigenvalue weighted by Gasteiger charge is 2.61. The molecule has 24 heavy (non-hydrogen) atoms. The van der Waals surface area contributed by atoms with Crippen molar-refractivity contribution in [1.82, 2.24) is 0 Å². The maximum Gasteiger partial charge on any atom is 0.437 e. The minimum Gasteiger partial charge on any atom is -0.466 e. The first kappa shape index (κ1) is 17.9. The number of methoxy groups -OCH3 is 1. The zero-order valence-electron chi connectivity index (χ0n) is 12.1. The van der Waals surface area contributed by atoms with Gasteiger partial charge in [-0.1, -0.05) is 0 Å². The molecule has 1 aliphatic heterocycles. The Labute approximate surface area is 130 Å². The highest BCUT2D eigenvalue weighted by atomic mass is 19.4. The molecule has 1 amide bonds. The van der Waals surface area contributed by atoms with E-state index in [1.807, 2.05) is 0 Å². The minimum atomic E-state index is -5.17. The highest BCUT2D eigenvalue weighted by Crippen LogP contribution is 2.45. The molecule has 0 radical (unpaired) electrons. The Morgan fingerprint density at radius 3 is 2.25 bits per heavy atom. The van der Waals surface area contributed by atoms with Gasteiger partial charge in [0.25, 0.3) is 11.5 Å². The molecule has 2 rings (SSSR count). The first-order valence-electron chi connectivity index (χ1n) is 6.22. The van der Waals surface area contributed by atoms with Crippen molar-refractivity contribution in [1.29, 1.82) is 0 Å². The molecule has 0 saturated carbocycles. The van der Waals surface area contributed by atoms with E-state index in [4.69, 9.17) is 0 Å². The third kappa shape index (κ3) is 2.74. The average molecular weight is 357 g/mol. The number of alkyl halides is 6. The predicted molar refractivity (Wildman–Crippen MR) is 66.5 cm³/mol. The lowest BCUT2D eigenvalue weighted by Gasteiger charge is -2.36. The number of ether oxygens (including phenoxy) is 2. The SMILES string of the molecule is COC(=O)c1cc2c(cc1C(F)(F)F)O[C@@](C)(C(F)(F)F)C(=O)N2. The van der Waals surface area contributed by atoms with Gasteiger partial charge in [-0.3, -0.25) is 4.79 Å². The summed E-state index contributed by atoms with van der Waals surface area (Å²) in [5.74, 6) is -3.86. The number of fused-ring (bicyclic) bond motifs is 1. The number of carbonyl (C=O) groups excluding carboxylic acids is 2. The molecule has 1 aromatic carbocycles.